The number of amides is 2. The van der Waals surface area contributed by atoms with Crippen molar-refractivity contribution in [3.63, 3.8) is 0 Å². The van der Waals surface area contributed by atoms with E-state index in [1.807, 2.05) is 0 Å². The number of nitrogens with zero attached hydrogens (tertiary/aromatic N) is 1. The summed E-state index contributed by atoms with van der Waals surface area (Å²) in [6.07, 6.45) is 0.659. The largest absolute Gasteiger partial charge is 0.351 e. The summed E-state index contributed by atoms with van der Waals surface area (Å²) in [5.41, 5.74) is 0.651. The normalized spacial score (nSPS) is 15.0. The lowest BCUT2D eigenvalue weighted by molar-refractivity contribution is -0.116. The predicted octanol–water partition coefficient (Wildman–Crippen LogP) is 3.29. The summed E-state index contributed by atoms with van der Waals surface area (Å²) in [5, 5.41) is 7.67. The van der Waals surface area contributed by atoms with Crippen molar-refractivity contribution < 1.29 is 18.0 Å². The molecule has 0 bridgehead atoms. The molecule has 0 saturated carbocycles. The van der Waals surface area contributed by atoms with E-state index in [9.17, 15) is 18.0 Å². The third-order valence-electron chi connectivity index (χ3n) is 4.42. The Balaban J connectivity index is 1.49. The lowest BCUT2D eigenvalue weighted by atomic mass is 10.2. The average Bonchev–Trinajstić information content (AvgIpc) is 3.24. The first-order chi connectivity index (χ1) is 14.4. The fourth-order valence-electron chi connectivity index (χ4n) is 2.88. The number of hydrogen-bond acceptors (Lipinski definition) is 6. The maximum atomic E-state index is 12.9. The minimum Gasteiger partial charge on any atom is -0.351 e. The van der Waals surface area contributed by atoms with Crippen molar-refractivity contribution in [1.29, 1.82) is 0 Å². The van der Waals surface area contributed by atoms with E-state index in [1.54, 1.807) is 41.4 Å². The second-order valence-electron chi connectivity index (χ2n) is 6.54. The number of rotatable bonds is 8. The van der Waals surface area contributed by atoms with E-state index in [4.69, 9.17) is 11.6 Å². The van der Waals surface area contributed by atoms with Gasteiger partial charge < -0.3 is 10.6 Å². The molecule has 1 aliphatic rings. The summed E-state index contributed by atoms with van der Waals surface area (Å²) < 4.78 is 27.2. The lowest BCUT2D eigenvalue weighted by Crippen LogP contribution is -2.38. The van der Waals surface area contributed by atoms with Gasteiger partial charge in [0.15, 0.2) is 0 Å². The highest BCUT2D eigenvalue weighted by Crippen LogP contribution is 2.27. The molecule has 1 aromatic carbocycles. The Bertz CT molecular complexity index is 987. The van der Waals surface area contributed by atoms with Gasteiger partial charge >= 0.3 is 0 Å². The molecule has 0 unspecified atom stereocenters. The van der Waals surface area contributed by atoms with Crippen LogP contribution in [-0.2, 0) is 14.8 Å². The Morgan fingerprint density at radius 3 is 2.50 bits per heavy atom. The van der Waals surface area contributed by atoms with Gasteiger partial charge in [0.1, 0.15) is 9.77 Å². The van der Waals surface area contributed by atoms with E-state index in [2.05, 4.69) is 10.6 Å². The summed E-state index contributed by atoms with van der Waals surface area (Å²) in [6.45, 7) is 1.17. The summed E-state index contributed by atoms with van der Waals surface area (Å²) in [5.74, 6) is 0.897. The SMILES string of the molecule is O=C(CCCNC(=O)c1sccc1S(=O)(=O)N1CCSCC1)Nc1ccc(Cl)cc1. The van der Waals surface area contributed by atoms with Crippen LogP contribution in [0, 0.1) is 0 Å². The van der Waals surface area contributed by atoms with Crippen LogP contribution in [0.15, 0.2) is 40.6 Å². The molecule has 30 heavy (non-hydrogen) atoms. The third-order valence-corrected chi connectivity index (χ3v) is 8.60. The molecule has 2 N–H and O–H groups in total. The Morgan fingerprint density at radius 1 is 1.10 bits per heavy atom. The van der Waals surface area contributed by atoms with E-state index in [0.29, 0.717) is 30.2 Å². The van der Waals surface area contributed by atoms with Crippen molar-refractivity contribution >= 4 is 62.2 Å². The van der Waals surface area contributed by atoms with Gasteiger partial charge in [-0.2, -0.15) is 16.1 Å². The molecule has 2 heterocycles. The maximum absolute atomic E-state index is 12.9. The van der Waals surface area contributed by atoms with Crippen LogP contribution in [0.1, 0.15) is 22.5 Å². The number of thiophene rings is 1. The minimum absolute atomic E-state index is 0.0531. The van der Waals surface area contributed by atoms with Gasteiger partial charge in [0.25, 0.3) is 5.91 Å². The number of anilines is 1. The van der Waals surface area contributed by atoms with E-state index >= 15 is 0 Å². The minimum atomic E-state index is -3.68. The molecule has 11 heteroatoms. The van der Waals surface area contributed by atoms with Crippen LogP contribution in [-0.4, -0.2) is 55.7 Å². The van der Waals surface area contributed by atoms with Crippen LogP contribution < -0.4 is 10.6 Å². The first kappa shape index (κ1) is 23.1. The second kappa shape index (κ2) is 10.6. The highest BCUT2D eigenvalue weighted by Gasteiger charge is 2.31. The molecule has 0 aliphatic carbocycles. The Hall–Kier alpha value is -1.59. The molecule has 2 amide bonds. The fraction of sp³-hybridized carbons (Fsp3) is 0.368. The monoisotopic (exact) mass is 487 g/mol. The number of thioether (sulfide) groups is 1. The van der Waals surface area contributed by atoms with Crippen molar-refractivity contribution in [3.8, 4) is 0 Å². The highest BCUT2D eigenvalue weighted by atomic mass is 35.5. The zero-order valence-corrected chi connectivity index (χ0v) is 19.3. The Morgan fingerprint density at radius 2 is 1.80 bits per heavy atom. The molecule has 0 spiro atoms. The van der Waals surface area contributed by atoms with Gasteiger partial charge in [-0.25, -0.2) is 8.42 Å². The molecule has 0 radical (unpaired) electrons. The van der Waals surface area contributed by atoms with Gasteiger partial charge in [0, 0.05) is 48.3 Å². The number of nitrogens with one attached hydrogen (secondary N) is 2. The predicted molar refractivity (Wildman–Crippen MR) is 122 cm³/mol. The van der Waals surface area contributed by atoms with Gasteiger partial charge in [-0.3, -0.25) is 9.59 Å². The quantitative estimate of drug-likeness (QED) is 0.557. The van der Waals surface area contributed by atoms with Gasteiger partial charge in [-0.1, -0.05) is 11.6 Å². The number of sulfonamides is 1. The third kappa shape index (κ3) is 5.98. The molecule has 162 valence electrons. The first-order valence-corrected chi connectivity index (χ1v) is 13.2. The van der Waals surface area contributed by atoms with Crippen LogP contribution in [0.3, 0.4) is 0 Å². The zero-order chi connectivity index (χ0) is 21.6. The van der Waals surface area contributed by atoms with Crippen molar-refractivity contribution in [2.24, 2.45) is 0 Å². The van der Waals surface area contributed by atoms with E-state index < -0.39 is 15.9 Å². The Kier molecular flexibility index (Phi) is 8.18. The first-order valence-electron chi connectivity index (χ1n) is 9.37. The van der Waals surface area contributed by atoms with Crippen LogP contribution in [0.2, 0.25) is 5.02 Å². The molecular formula is C19H22ClN3O4S3. The lowest BCUT2D eigenvalue weighted by Gasteiger charge is -2.25. The van der Waals surface area contributed by atoms with Crippen molar-refractivity contribution in [2.45, 2.75) is 17.7 Å². The second-order valence-corrected chi connectivity index (χ2v) is 11.0. The molecule has 1 saturated heterocycles. The number of carbonyl (C=O) groups is 2. The number of halogens is 1. The molecule has 2 aromatic rings. The molecule has 1 aliphatic heterocycles. The van der Waals surface area contributed by atoms with Crippen molar-refractivity contribution in [3.05, 3.63) is 45.6 Å². The summed E-state index contributed by atoms with van der Waals surface area (Å²) in [7, 11) is -3.68. The molecule has 3 rings (SSSR count). The summed E-state index contributed by atoms with van der Waals surface area (Å²) in [4.78, 5) is 24.7. The van der Waals surface area contributed by atoms with Gasteiger partial charge in [-0.05, 0) is 42.1 Å². The summed E-state index contributed by atoms with van der Waals surface area (Å²) >= 11 is 8.63. The smallest absolute Gasteiger partial charge is 0.262 e. The fourth-order valence-corrected chi connectivity index (χ4v) is 6.90. The van der Waals surface area contributed by atoms with Crippen molar-refractivity contribution in [2.75, 3.05) is 36.5 Å². The number of hydrogen-bond donors (Lipinski definition) is 2. The summed E-state index contributed by atoms with van der Waals surface area (Å²) in [6, 6.07) is 8.28. The molecule has 1 fully saturated rings. The topological polar surface area (TPSA) is 95.6 Å². The van der Waals surface area contributed by atoms with Crippen LogP contribution >= 0.6 is 34.7 Å². The van der Waals surface area contributed by atoms with Crippen LogP contribution in [0.4, 0.5) is 5.69 Å². The number of carbonyl (C=O) groups excluding carboxylic acids is 2. The van der Waals surface area contributed by atoms with Gasteiger partial charge in [-0.15, -0.1) is 11.3 Å². The molecule has 7 nitrogen and oxygen atoms in total. The van der Waals surface area contributed by atoms with E-state index in [0.717, 1.165) is 22.8 Å². The van der Waals surface area contributed by atoms with Crippen LogP contribution in [0.5, 0.6) is 0 Å². The molecule has 1 aromatic heterocycles. The van der Waals surface area contributed by atoms with Gasteiger partial charge in [0.05, 0.1) is 0 Å². The zero-order valence-electron chi connectivity index (χ0n) is 16.1. The van der Waals surface area contributed by atoms with Gasteiger partial charge in [0.2, 0.25) is 15.9 Å². The van der Waals surface area contributed by atoms with Crippen molar-refractivity contribution in [1.82, 2.24) is 9.62 Å². The van der Waals surface area contributed by atoms with E-state index in [-0.39, 0.29) is 28.6 Å². The molecular weight excluding hydrogens is 466 g/mol. The average molecular weight is 488 g/mol. The maximum Gasteiger partial charge on any atom is 0.262 e. The number of benzene rings is 1. The van der Waals surface area contributed by atoms with E-state index in [1.165, 1.54) is 10.4 Å². The Labute approximate surface area is 189 Å². The standard InChI is InChI=1S/C19H22ClN3O4S3/c20-14-3-5-15(6-4-14)22-17(24)2-1-8-21-19(25)18-16(7-11-29-18)30(26,27)23-9-12-28-13-10-23/h3-7,11H,1-2,8-10,12-13H2,(H,21,25)(H,22,24). The molecule has 0 atom stereocenters. The highest BCUT2D eigenvalue weighted by molar-refractivity contribution is 7.99. The van der Waals surface area contributed by atoms with Crippen LogP contribution in [0.25, 0.3) is 0 Å².